The van der Waals surface area contributed by atoms with E-state index in [1.165, 1.54) is 12.5 Å². The molecule has 0 saturated carbocycles. The number of nitriles is 1. The van der Waals surface area contributed by atoms with E-state index in [1.807, 2.05) is 6.07 Å². The number of nitrogens with zero attached hydrogens (tertiary/aromatic N) is 3. The van der Waals surface area contributed by atoms with Gasteiger partial charge in [-0.3, -0.25) is 0 Å². The maximum atomic E-state index is 8.71. The zero-order valence-electron chi connectivity index (χ0n) is 7.78. The molecule has 1 heterocycles. The first-order valence-corrected chi connectivity index (χ1v) is 4.18. The highest BCUT2D eigenvalue weighted by Gasteiger charge is 2.02. The first-order chi connectivity index (χ1) is 6.24. The van der Waals surface area contributed by atoms with Crippen LogP contribution in [0, 0.1) is 17.2 Å². The summed E-state index contributed by atoms with van der Waals surface area (Å²) in [6.07, 6.45) is 2.94. The van der Waals surface area contributed by atoms with Crippen LogP contribution >= 0.6 is 0 Å². The van der Waals surface area contributed by atoms with Gasteiger partial charge in [-0.15, -0.1) is 0 Å². The zero-order chi connectivity index (χ0) is 9.68. The first-order valence-electron chi connectivity index (χ1n) is 4.18. The predicted molar refractivity (Wildman–Crippen MR) is 50.1 cm³/mol. The SMILES string of the molecule is CC(C)CNc1ncncc1C#N. The highest BCUT2D eigenvalue weighted by Crippen LogP contribution is 2.08. The monoisotopic (exact) mass is 176 g/mol. The standard InChI is InChI=1S/C9H12N4/c1-7(2)4-12-9-8(3-10)5-11-6-13-9/h5-7H,4H2,1-2H3,(H,11,12,13). The van der Waals surface area contributed by atoms with Crippen LogP contribution in [0.4, 0.5) is 5.82 Å². The minimum atomic E-state index is 0.489. The van der Waals surface area contributed by atoms with Gasteiger partial charge in [0, 0.05) is 6.54 Å². The van der Waals surface area contributed by atoms with Crippen LogP contribution in [-0.2, 0) is 0 Å². The van der Waals surface area contributed by atoms with Gasteiger partial charge in [0.05, 0.1) is 6.20 Å². The van der Waals surface area contributed by atoms with Crippen molar-refractivity contribution < 1.29 is 0 Å². The van der Waals surface area contributed by atoms with Gasteiger partial charge in [0.15, 0.2) is 0 Å². The quantitative estimate of drug-likeness (QED) is 0.756. The van der Waals surface area contributed by atoms with Gasteiger partial charge in [-0.05, 0) is 5.92 Å². The summed E-state index contributed by atoms with van der Waals surface area (Å²) >= 11 is 0. The summed E-state index contributed by atoms with van der Waals surface area (Å²) in [6, 6.07) is 2.03. The highest BCUT2D eigenvalue weighted by atomic mass is 15.0. The number of rotatable bonds is 3. The third-order valence-corrected chi connectivity index (χ3v) is 1.51. The number of hydrogen-bond donors (Lipinski definition) is 1. The largest absolute Gasteiger partial charge is 0.369 e. The molecule has 1 aromatic rings. The van der Waals surface area contributed by atoms with E-state index in [-0.39, 0.29) is 0 Å². The summed E-state index contributed by atoms with van der Waals surface area (Å²) in [7, 11) is 0. The molecule has 0 spiro atoms. The Bertz CT molecular complexity index is 314. The summed E-state index contributed by atoms with van der Waals surface area (Å²) in [5, 5.41) is 11.8. The van der Waals surface area contributed by atoms with Gasteiger partial charge >= 0.3 is 0 Å². The molecule has 0 saturated heterocycles. The van der Waals surface area contributed by atoms with Crippen LogP contribution in [0.15, 0.2) is 12.5 Å². The average Bonchev–Trinajstić information content (AvgIpc) is 2.15. The Morgan fingerprint density at radius 1 is 1.62 bits per heavy atom. The molecule has 13 heavy (non-hydrogen) atoms. The molecular weight excluding hydrogens is 164 g/mol. The summed E-state index contributed by atoms with van der Waals surface area (Å²) in [5.74, 6) is 1.15. The van der Waals surface area contributed by atoms with E-state index in [1.54, 1.807) is 0 Å². The molecule has 0 aliphatic carbocycles. The van der Waals surface area contributed by atoms with E-state index in [2.05, 4.69) is 29.1 Å². The van der Waals surface area contributed by atoms with Gasteiger partial charge in [0.25, 0.3) is 0 Å². The minimum Gasteiger partial charge on any atom is -0.369 e. The molecule has 0 amide bonds. The number of nitrogens with one attached hydrogen (secondary N) is 1. The molecule has 4 heteroatoms. The second-order valence-corrected chi connectivity index (χ2v) is 3.17. The van der Waals surface area contributed by atoms with Crippen LogP contribution in [0.3, 0.4) is 0 Å². The van der Waals surface area contributed by atoms with Crippen molar-refractivity contribution >= 4 is 5.82 Å². The van der Waals surface area contributed by atoms with E-state index in [0.29, 0.717) is 17.3 Å². The topological polar surface area (TPSA) is 61.6 Å². The molecule has 0 atom stereocenters. The Kier molecular flexibility index (Phi) is 3.21. The summed E-state index contributed by atoms with van der Waals surface area (Å²) < 4.78 is 0. The van der Waals surface area contributed by atoms with Gasteiger partial charge in [-0.2, -0.15) is 5.26 Å². The van der Waals surface area contributed by atoms with E-state index < -0.39 is 0 Å². The van der Waals surface area contributed by atoms with Crippen molar-refractivity contribution in [3.63, 3.8) is 0 Å². The highest BCUT2D eigenvalue weighted by molar-refractivity contribution is 5.49. The second-order valence-electron chi connectivity index (χ2n) is 3.17. The molecule has 0 aliphatic heterocycles. The lowest BCUT2D eigenvalue weighted by Gasteiger charge is -2.07. The zero-order valence-corrected chi connectivity index (χ0v) is 7.78. The van der Waals surface area contributed by atoms with Gasteiger partial charge in [-0.1, -0.05) is 13.8 Å². The van der Waals surface area contributed by atoms with Crippen LogP contribution in [-0.4, -0.2) is 16.5 Å². The lowest BCUT2D eigenvalue weighted by atomic mass is 10.2. The summed E-state index contributed by atoms with van der Waals surface area (Å²) in [6.45, 7) is 5.01. The molecule has 0 unspecified atom stereocenters. The van der Waals surface area contributed by atoms with Gasteiger partial charge in [0.2, 0.25) is 0 Å². The van der Waals surface area contributed by atoms with Crippen LogP contribution in [0.25, 0.3) is 0 Å². The maximum Gasteiger partial charge on any atom is 0.147 e. The van der Waals surface area contributed by atoms with E-state index in [0.717, 1.165) is 6.54 Å². The normalized spacial score (nSPS) is 9.69. The maximum absolute atomic E-state index is 8.71. The van der Waals surface area contributed by atoms with Crippen molar-refractivity contribution in [2.75, 3.05) is 11.9 Å². The Morgan fingerprint density at radius 3 is 3.00 bits per heavy atom. The number of hydrogen-bond acceptors (Lipinski definition) is 4. The molecule has 0 aliphatic rings. The molecule has 0 fully saturated rings. The predicted octanol–water partition coefficient (Wildman–Crippen LogP) is 1.42. The molecular formula is C9H12N4. The third-order valence-electron chi connectivity index (χ3n) is 1.51. The smallest absolute Gasteiger partial charge is 0.147 e. The lowest BCUT2D eigenvalue weighted by Crippen LogP contribution is -2.10. The summed E-state index contributed by atoms with van der Waals surface area (Å²) in [4.78, 5) is 7.75. The fourth-order valence-corrected chi connectivity index (χ4v) is 0.853. The van der Waals surface area contributed by atoms with Crippen molar-refractivity contribution in [1.29, 1.82) is 5.26 Å². The molecule has 1 rings (SSSR count). The molecule has 68 valence electrons. The van der Waals surface area contributed by atoms with Crippen molar-refractivity contribution in [2.24, 2.45) is 5.92 Å². The van der Waals surface area contributed by atoms with E-state index >= 15 is 0 Å². The first kappa shape index (κ1) is 9.46. The Morgan fingerprint density at radius 2 is 2.38 bits per heavy atom. The van der Waals surface area contributed by atoms with Crippen LogP contribution in [0.5, 0.6) is 0 Å². The Labute approximate surface area is 77.6 Å². The Balaban J connectivity index is 2.71. The second kappa shape index (κ2) is 4.41. The molecule has 0 bridgehead atoms. The van der Waals surface area contributed by atoms with Crippen LogP contribution in [0.2, 0.25) is 0 Å². The Hall–Kier alpha value is -1.63. The molecule has 1 N–H and O–H groups in total. The third kappa shape index (κ3) is 2.71. The minimum absolute atomic E-state index is 0.489. The van der Waals surface area contributed by atoms with Crippen LogP contribution < -0.4 is 5.32 Å². The lowest BCUT2D eigenvalue weighted by molar-refractivity contribution is 0.686. The fourth-order valence-electron chi connectivity index (χ4n) is 0.853. The van der Waals surface area contributed by atoms with E-state index in [4.69, 9.17) is 5.26 Å². The van der Waals surface area contributed by atoms with Gasteiger partial charge in [0.1, 0.15) is 23.8 Å². The van der Waals surface area contributed by atoms with Crippen molar-refractivity contribution in [1.82, 2.24) is 9.97 Å². The number of anilines is 1. The molecule has 1 aromatic heterocycles. The van der Waals surface area contributed by atoms with Crippen molar-refractivity contribution in [3.05, 3.63) is 18.1 Å². The molecule has 0 radical (unpaired) electrons. The molecule has 0 aromatic carbocycles. The van der Waals surface area contributed by atoms with Crippen molar-refractivity contribution in [2.45, 2.75) is 13.8 Å². The molecule has 4 nitrogen and oxygen atoms in total. The van der Waals surface area contributed by atoms with Gasteiger partial charge in [-0.25, -0.2) is 9.97 Å². The number of aromatic nitrogens is 2. The van der Waals surface area contributed by atoms with Crippen LogP contribution in [0.1, 0.15) is 19.4 Å². The fraction of sp³-hybridized carbons (Fsp3) is 0.444. The average molecular weight is 176 g/mol. The van der Waals surface area contributed by atoms with E-state index in [9.17, 15) is 0 Å². The summed E-state index contributed by atoms with van der Waals surface area (Å²) in [5.41, 5.74) is 0.489. The van der Waals surface area contributed by atoms with Crippen molar-refractivity contribution in [3.8, 4) is 6.07 Å². The van der Waals surface area contributed by atoms with Gasteiger partial charge < -0.3 is 5.32 Å².